The minimum atomic E-state index is 0.235. The molecule has 3 rings (SSSR count). The summed E-state index contributed by atoms with van der Waals surface area (Å²) in [6.07, 6.45) is 5.92. The predicted molar refractivity (Wildman–Crippen MR) is 116 cm³/mol. The molecule has 1 aromatic heterocycles. The Morgan fingerprint density at radius 3 is 2.72 bits per heavy atom. The third kappa shape index (κ3) is 6.09. The number of hydrogen-bond donors (Lipinski definition) is 2. The van der Waals surface area contributed by atoms with Crippen molar-refractivity contribution < 1.29 is 9.47 Å². The zero-order valence-corrected chi connectivity index (χ0v) is 17.3. The highest BCUT2D eigenvalue weighted by Gasteiger charge is 2.25. The average molecular weight is 398 g/mol. The molecule has 7 nitrogen and oxygen atoms in total. The normalized spacial score (nSPS) is 15.7. The van der Waals surface area contributed by atoms with Crippen LogP contribution in [0.25, 0.3) is 0 Å². The Balaban J connectivity index is 1.54. The van der Waals surface area contributed by atoms with Gasteiger partial charge in [0.1, 0.15) is 18.1 Å². The fraction of sp³-hybridized carbons (Fsp3) is 0.455. The van der Waals surface area contributed by atoms with Crippen molar-refractivity contribution in [2.45, 2.75) is 18.9 Å². The fourth-order valence-corrected chi connectivity index (χ4v) is 3.62. The van der Waals surface area contributed by atoms with Crippen molar-refractivity contribution in [3.05, 3.63) is 54.4 Å². The van der Waals surface area contributed by atoms with E-state index in [-0.39, 0.29) is 6.04 Å². The predicted octanol–water partition coefficient (Wildman–Crippen LogP) is 2.47. The van der Waals surface area contributed by atoms with Gasteiger partial charge >= 0.3 is 0 Å². The molecule has 1 atom stereocenters. The molecule has 29 heavy (non-hydrogen) atoms. The number of nitrogens with zero attached hydrogens (tertiary/aromatic N) is 3. The van der Waals surface area contributed by atoms with E-state index >= 15 is 0 Å². The molecule has 0 saturated carbocycles. The highest BCUT2D eigenvalue weighted by molar-refractivity contribution is 5.79. The number of para-hydroxylation sites is 1. The number of aromatic nitrogens is 1. The summed E-state index contributed by atoms with van der Waals surface area (Å²) in [6, 6.07) is 12.3. The third-order valence-corrected chi connectivity index (χ3v) is 5.06. The summed E-state index contributed by atoms with van der Waals surface area (Å²) in [5.74, 6) is 2.46. The zero-order valence-electron chi connectivity index (χ0n) is 17.3. The van der Waals surface area contributed by atoms with Gasteiger partial charge in [0, 0.05) is 25.4 Å². The molecule has 1 aliphatic rings. The van der Waals surface area contributed by atoms with Crippen LogP contribution in [0, 0.1) is 0 Å². The average Bonchev–Trinajstić information content (AvgIpc) is 3.31. The van der Waals surface area contributed by atoms with Gasteiger partial charge in [0.05, 0.1) is 25.9 Å². The largest absolute Gasteiger partial charge is 0.496 e. The van der Waals surface area contributed by atoms with Crippen LogP contribution < -0.4 is 20.1 Å². The number of benzene rings is 1. The van der Waals surface area contributed by atoms with E-state index in [1.165, 1.54) is 18.4 Å². The van der Waals surface area contributed by atoms with Crippen LogP contribution >= 0.6 is 0 Å². The lowest BCUT2D eigenvalue weighted by Gasteiger charge is -2.30. The molecule has 1 fully saturated rings. The maximum absolute atomic E-state index is 5.67. The number of hydrogen-bond acceptors (Lipinski definition) is 5. The molecule has 0 aliphatic carbocycles. The first kappa shape index (κ1) is 20.9. The van der Waals surface area contributed by atoms with Gasteiger partial charge in [0.15, 0.2) is 5.96 Å². The van der Waals surface area contributed by atoms with E-state index in [9.17, 15) is 0 Å². The Morgan fingerprint density at radius 1 is 1.17 bits per heavy atom. The van der Waals surface area contributed by atoms with Gasteiger partial charge in [-0.1, -0.05) is 18.2 Å². The number of rotatable bonds is 9. The van der Waals surface area contributed by atoms with Crippen LogP contribution in [-0.4, -0.2) is 62.8 Å². The summed E-state index contributed by atoms with van der Waals surface area (Å²) >= 11 is 0. The molecule has 2 aromatic rings. The number of likely N-dealkylation sites (tertiary alicyclic amines) is 1. The van der Waals surface area contributed by atoms with Crippen molar-refractivity contribution in [2.75, 3.05) is 46.9 Å². The third-order valence-electron chi connectivity index (χ3n) is 5.06. The van der Waals surface area contributed by atoms with Gasteiger partial charge in [-0.3, -0.25) is 14.9 Å². The number of guanidine groups is 1. The van der Waals surface area contributed by atoms with E-state index in [0.29, 0.717) is 13.2 Å². The van der Waals surface area contributed by atoms with Gasteiger partial charge in [-0.15, -0.1) is 0 Å². The number of methoxy groups -OCH3 is 1. The molecular formula is C22H31N5O2. The van der Waals surface area contributed by atoms with Gasteiger partial charge in [-0.2, -0.15) is 0 Å². The number of pyridine rings is 1. The highest BCUT2D eigenvalue weighted by atomic mass is 16.5. The number of aliphatic imine (C=N–C) groups is 1. The van der Waals surface area contributed by atoms with Gasteiger partial charge < -0.3 is 20.1 Å². The molecule has 1 aromatic carbocycles. The maximum Gasteiger partial charge on any atom is 0.191 e. The standard InChI is InChI=1S/C22H31N5O2/c1-23-22(25-12-15-29-18-8-7-11-24-16-18)26-17-20(27-13-5-6-14-27)19-9-3-4-10-21(19)28-2/h3-4,7-11,16,20H,5-6,12-15,17H2,1-2H3,(H2,23,25,26). The molecule has 7 heteroatoms. The Kier molecular flexibility index (Phi) is 8.12. The van der Waals surface area contributed by atoms with E-state index in [4.69, 9.17) is 9.47 Å². The molecule has 2 heterocycles. The molecular weight excluding hydrogens is 366 g/mol. The smallest absolute Gasteiger partial charge is 0.191 e. The monoisotopic (exact) mass is 397 g/mol. The molecule has 0 amide bonds. The lowest BCUT2D eigenvalue weighted by molar-refractivity contribution is 0.239. The second-order valence-corrected chi connectivity index (χ2v) is 6.92. The second kappa shape index (κ2) is 11.3. The summed E-state index contributed by atoms with van der Waals surface area (Å²) in [6.45, 7) is 4.15. The maximum atomic E-state index is 5.67. The zero-order chi connectivity index (χ0) is 20.3. The molecule has 156 valence electrons. The fourth-order valence-electron chi connectivity index (χ4n) is 3.62. The van der Waals surface area contributed by atoms with Crippen molar-refractivity contribution in [1.29, 1.82) is 0 Å². The van der Waals surface area contributed by atoms with Gasteiger partial charge in [-0.05, 0) is 44.1 Å². The topological polar surface area (TPSA) is 71.0 Å². The van der Waals surface area contributed by atoms with E-state index in [1.54, 1.807) is 26.6 Å². The molecule has 0 bridgehead atoms. The van der Waals surface area contributed by atoms with Crippen molar-refractivity contribution in [2.24, 2.45) is 4.99 Å². The first-order valence-corrected chi connectivity index (χ1v) is 10.2. The molecule has 0 radical (unpaired) electrons. The molecule has 1 unspecified atom stereocenters. The van der Waals surface area contributed by atoms with Crippen LogP contribution in [0.4, 0.5) is 0 Å². The highest BCUT2D eigenvalue weighted by Crippen LogP contribution is 2.31. The van der Waals surface area contributed by atoms with Crippen LogP contribution in [0.3, 0.4) is 0 Å². The van der Waals surface area contributed by atoms with Crippen molar-refractivity contribution >= 4 is 5.96 Å². The van der Waals surface area contributed by atoms with Crippen LogP contribution in [0.1, 0.15) is 24.4 Å². The SMILES string of the molecule is CN=C(NCCOc1cccnc1)NCC(c1ccccc1OC)N1CCCC1. The number of nitrogens with one attached hydrogen (secondary N) is 2. The van der Waals surface area contributed by atoms with Gasteiger partial charge in [-0.25, -0.2) is 0 Å². The summed E-state index contributed by atoms with van der Waals surface area (Å²) in [5.41, 5.74) is 1.21. The summed E-state index contributed by atoms with van der Waals surface area (Å²) in [5, 5.41) is 6.78. The van der Waals surface area contributed by atoms with Crippen molar-refractivity contribution in [3.8, 4) is 11.5 Å². The quantitative estimate of drug-likeness (QED) is 0.385. The Bertz CT molecular complexity index is 763. The van der Waals surface area contributed by atoms with Crippen molar-refractivity contribution in [1.82, 2.24) is 20.5 Å². The first-order valence-electron chi connectivity index (χ1n) is 10.2. The lowest BCUT2D eigenvalue weighted by atomic mass is 10.0. The summed E-state index contributed by atoms with van der Waals surface area (Å²) in [7, 11) is 3.52. The van der Waals surface area contributed by atoms with E-state index in [1.807, 2.05) is 24.3 Å². The molecule has 1 saturated heterocycles. The Labute approximate surface area is 173 Å². The lowest BCUT2D eigenvalue weighted by Crippen LogP contribution is -2.43. The van der Waals surface area contributed by atoms with E-state index < -0.39 is 0 Å². The Hall–Kier alpha value is -2.80. The van der Waals surface area contributed by atoms with Gasteiger partial charge in [0.2, 0.25) is 0 Å². The number of ether oxygens (including phenoxy) is 2. The molecule has 1 aliphatic heterocycles. The van der Waals surface area contributed by atoms with Crippen LogP contribution in [0.5, 0.6) is 11.5 Å². The molecule has 0 spiro atoms. The van der Waals surface area contributed by atoms with Crippen LogP contribution in [0.15, 0.2) is 53.8 Å². The van der Waals surface area contributed by atoms with Gasteiger partial charge in [0.25, 0.3) is 0 Å². The minimum Gasteiger partial charge on any atom is -0.496 e. The summed E-state index contributed by atoms with van der Waals surface area (Å²) < 4.78 is 11.3. The van der Waals surface area contributed by atoms with Crippen LogP contribution in [0.2, 0.25) is 0 Å². The van der Waals surface area contributed by atoms with E-state index in [0.717, 1.165) is 37.1 Å². The Morgan fingerprint density at radius 2 is 2.00 bits per heavy atom. The van der Waals surface area contributed by atoms with Crippen LogP contribution in [-0.2, 0) is 0 Å². The second-order valence-electron chi connectivity index (χ2n) is 6.92. The minimum absolute atomic E-state index is 0.235. The summed E-state index contributed by atoms with van der Waals surface area (Å²) in [4.78, 5) is 10.9. The van der Waals surface area contributed by atoms with Crippen molar-refractivity contribution in [3.63, 3.8) is 0 Å². The van der Waals surface area contributed by atoms with E-state index in [2.05, 4.69) is 37.6 Å². The first-order chi connectivity index (χ1) is 14.3. The molecule has 2 N–H and O–H groups in total.